The fourth-order valence-electron chi connectivity index (χ4n) is 2.40. The second-order valence-corrected chi connectivity index (χ2v) is 5.77. The average molecular weight is 336 g/mol. The Labute approximate surface area is 138 Å². The van der Waals surface area contributed by atoms with E-state index in [9.17, 15) is 14.3 Å². The molecule has 6 heteroatoms. The zero-order chi connectivity index (χ0) is 16.4. The van der Waals surface area contributed by atoms with Gasteiger partial charge < -0.3 is 14.7 Å². The van der Waals surface area contributed by atoms with Gasteiger partial charge in [0.05, 0.1) is 13.1 Å². The predicted molar refractivity (Wildman–Crippen MR) is 83.8 cm³/mol. The number of nitrogens with zero attached hydrogens (tertiary/aromatic N) is 1. The Bertz CT molecular complexity index is 701. The van der Waals surface area contributed by atoms with Gasteiger partial charge in [-0.15, -0.1) is 0 Å². The van der Waals surface area contributed by atoms with Crippen LogP contribution in [0.25, 0.3) is 0 Å². The number of hydrogen-bond acceptors (Lipinski definition) is 3. The molecule has 1 saturated heterocycles. The number of hydrogen-bond donors (Lipinski definition) is 1. The zero-order valence-electron chi connectivity index (χ0n) is 12.2. The fourth-order valence-corrected chi connectivity index (χ4v) is 2.64. The average Bonchev–Trinajstić information content (AvgIpc) is 2.51. The summed E-state index contributed by atoms with van der Waals surface area (Å²) in [7, 11) is 0. The summed E-state index contributed by atoms with van der Waals surface area (Å²) in [6.45, 7) is 0.745. The van der Waals surface area contributed by atoms with Crippen molar-refractivity contribution in [3.8, 4) is 5.75 Å². The van der Waals surface area contributed by atoms with E-state index in [0.717, 1.165) is 0 Å². The van der Waals surface area contributed by atoms with Crippen LogP contribution < -0.4 is 4.74 Å². The van der Waals surface area contributed by atoms with Gasteiger partial charge in [0.25, 0.3) is 5.91 Å². The lowest BCUT2D eigenvalue weighted by molar-refractivity contribution is -0.149. The molecule has 1 atom stereocenters. The van der Waals surface area contributed by atoms with Crippen molar-refractivity contribution < 1.29 is 19.0 Å². The van der Waals surface area contributed by atoms with Gasteiger partial charge in [-0.05, 0) is 30.3 Å². The minimum Gasteiger partial charge on any atom is -0.487 e. The van der Waals surface area contributed by atoms with Crippen LogP contribution in [-0.2, 0) is 4.79 Å². The van der Waals surface area contributed by atoms with Crippen molar-refractivity contribution in [2.24, 2.45) is 0 Å². The monoisotopic (exact) mass is 335 g/mol. The first-order valence-corrected chi connectivity index (χ1v) is 7.56. The molecule has 0 radical (unpaired) electrons. The number of likely N-dealkylation sites (tertiary alicyclic amines) is 1. The number of halogens is 2. The summed E-state index contributed by atoms with van der Waals surface area (Å²) in [6.07, 6.45) is -1.45. The Balaban J connectivity index is 1.55. The molecule has 1 fully saturated rings. The molecule has 2 aromatic carbocycles. The second kappa shape index (κ2) is 6.56. The second-order valence-electron chi connectivity index (χ2n) is 5.36. The van der Waals surface area contributed by atoms with Gasteiger partial charge in [0, 0.05) is 10.6 Å². The first-order chi connectivity index (χ1) is 11.0. The van der Waals surface area contributed by atoms with Gasteiger partial charge in [0.15, 0.2) is 6.10 Å². The number of rotatable bonds is 4. The van der Waals surface area contributed by atoms with Crippen molar-refractivity contribution in [2.75, 3.05) is 13.1 Å². The molecule has 1 aliphatic heterocycles. The van der Waals surface area contributed by atoms with Crippen molar-refractivity contribution in [1.29, 1.82) is 0 Å². The van der Waals surface area contributed by atoms with Gasteiger partial charge >= 0.3 is 0 Å². The molecular formula is C17H15ClFNO3. The number of carbonyl (C=O) groups excluding carboxylic acids is 1. The molecule has 2 aromatic rings. The maximum Gasteiger partial charge on any atom is 0.256 e. The van der Waals surface area contributed by atoms with Crippen LogP contribution in [0.1, 0.15) is 11.7 Å². The third kappa shape index (κ3) is 3.46. The highest BCUT2D eigenvalue weighted by molar-refractivity contribution is 6.31. The Morgan fingerprint density at radius 2 is 1.87 bits per heavy atom. The first kappa shape index (κ1) is 15.8. The number of aliphatic hydroxyl groups excluding tert-OH is 1. The number of aliphatic hydroxyl groups is 1. The van der Waals surface area contributed by atoms with Crippen molar-refractivity contribution in [3.05, 3.63) is 64.9 Å². The van der Waals surface area contributed by atoms with Gasteiger partial charge in [-0.2, -0.15) is 0 Å². The zero-order valence-corrected chi connectivity index (χ0v) is 12.9. The summed E-state index contributed by atoms with van der Waals surface area (Å²) in [5.41, 5.74) is 0.391. The molecule has 0 saturated carbocycles. The van der Waals surface area contributed by atoms with Crippen LogP contribution in [0.15, 0.2) is 48.5 Å². The van der Waals surface area contributed by atoms with Gasteiger partial charge in [-0.3, -0.25) is 4.79 Å². The molecule has 0 aliphatic carbocycles. The smallest absolute Gasteiger partial charge is 0.256 e. The van der Waals surface area contributed by atoms with Crippen LogP contribution in [0.2, 0.25) is 5.02 Å². The molecule has 1 aliphatic rings. The molecule has 0 spiro atoms. The van der Waals surface area contributed by atoms with Crippen LogP contribution >= 0.6 is 11.6 Å². The first-order valence-electron chi connectivity index (χ1n) is 7.18. The van der Waals surface area contributed by atoms with Crippen LogP contribution in [0.4, 0.5) is 4.39 Å². The van der Waals surface area contributed by atoms with E-state index >= 15 is 0 Å². The van der Waals surface area contributed by atoms with Gasteiger partial charge in [0.2, 0.25) is 0 Å². The SMILES string of the molecule is O=C([C@@H](O)c1ccccc1Cl)N1CC(Oc2ccc(F)cc2)C1. The molecule has 1 heterocycles. The molecule has 4 nitrogen and oxygen atoms in total. The van der Waals surface area contributed by atoms with E-state index in [4.69, 9.17) is 16.3 Å². The fraction of sp³-hybridized carbons (Fsp3) is 0.235. The van der Waals surface area contributed by atoms with Crippen molar-refractivity contribution in [2.45, 2.75) is 12.2 Å². The third-order valence-corrected chi connectivity index (χ3v) is 4.05. The quantitative estimate of drug-likeness (QED) is 0.934. The Hall–Kier alpha value is -2.11. The maximum atomic E-state index is 12.8. The normalized spacial score (nSPS) is 15.9. The van der Waals surface area contributed by atoms with E-state index < -0.39 is 12.0 Å². The summed E-state index contributed by atoms with van der Waals surface area (Å²) in [6, 6.07) is 12.4. The molecule has 0 unspecified atom stereocenters. The number of ether oxygens (including phenoxy) is 1. The molecule has 0 aromatic heterocycles. The Kier molecular flexibility index (Phi) is 4.50. The van der Waals surface area contributed by atoms with E-state index in [1.54, 1.807) is 36.4 Å². The van der Waals surface area contributed by atoms with Crippen LogP contribution in [0, 0.1) is 5.82 Å². The minimum absolute atomic E-state index is 0.164. The van der Waals surface area contributed by atoms with Gasteiger partial charge in [-0.25, -0.2) is 4.39 Å². The standard InChI is InChI=1S/C17H15ClFNO3/c18-15-4-2-1-3-14(15)16(21)17(22)20-9-13(10-20)23-12-7-5-11(19)6-8-12/h1-8,13,16,21H,9-10H2/t16-/m0/s1. The molecule has 23 heavy (non-hydrogen) atoms. The maximum absolute atomic E-state index is 12.8. The number of benzene rings is 2. The van der Waals surface area contributed by atoms with Crippen LogP contribution in [0.3, 0.4) is 0 Å². The van der Waals surface area contributed by atoms with Gasteiger partial charge in [0.1, 0.15) is 17.7 Å². The highest BCUT2D eigenvalue weighted by Gasteiger charge is 2.36. The Morgan fingerprint density at radius 1 is 1.22 bits per heavy atom. The Morgan fingerprint density at radius 3 is 2.52 bits per heavy atom. The summed E-state index contributed by atoms with van der Waals surface area (Å²) in [5, 5.41) is 10.5. The summed E-state index contributed by atoms with van der Waals surface area (Å²) < 4.78 is 18.5. The lowest BCUT2D eigenvalue weighted by atomic mass is 10.1. The van der Waals surface area contributed by atoms with E-state index in [1.807, 2.05) is 0 Å². The lowest BCUT2D eigenvalue weighted by Gasteiger charge is -2.40. The topological polar surface area (TPSA) is 49.8 Å². The molecular weight excluding hydrogens is 321 g/mol. The van der Waals surface area contributed by atoms with Crippen molar-refractivity contribution >= 4 is 17.5 Å². The van der Waals surface area contributed by atoms with E-state index in [1.165, 1.54) is 17.0 Å². The van der Waals surface area contributed by atoms with Crippen molar-refractivity contribution in [1.82, 2.24) is 4.90 Å². The molecule has 0 bridgehead atoms. The summed E-state index contributed by atoms with van der Waals surface area (Å²) in [4.78, 5) is 13.7. The van der Waals surface area contributed by atoms with Crippen molar-refractivity contribution in [3.63, 3.8) is 0 Å². The lowest BCUT2D eigenvalue weighted by Crippen LogP contribution is -2.57. The van der Waals surface area contributed by atoms with E-state index in [0.29, 0.717) is 29.4 Å². The highest BCUT2D eigenvalue weighted by atomic mass is 35.5. The largest absolute Gasteiger partial charge is 0.487 e. The molecule has 3 rings (SSSR count). The van der Waals surface area contributed by atoms with Crippen LogP contribution in [0.5, 0.6) is 5.75 Å². The third-order valence-electron chi connectivity index (χ3n) is 3.71. The minimum atomic E-state index is -1.28. The summed E-state index contributed by atoms with van der Waals surface area (Å²) >= 11 is 5.99. The predicted octanol–water partition coefficient (Wildman–Crippen LogP) is 2.80. The van der Waals surface area contributed by atoms with Crippen LogP contribution in [-0.4, -0.2) is 35.1 Å². The number of amides is 1. The molecule has 1 amide bonds. The van der Waals surface area contributed by atoms with Gasteiger partial charge in [-0.1, -0.05) is 29.8 Å². The summed E-state index contributed by atoms with van der Waals surface area (Å²) in [5.74, 6) is -0.183. The number of carbonyl (C=O) groups is 1. The molecule has 1 N–H and O–H groups in total. The highest BCUT2D eigenvalue weighted by Crippen LogP contribution is 2.26. The van der Waals surface area contributed by atoms with E-state index in [-0.39, 0.29) is 11.9 Å². The molecule has 120 valence electrons. The van der Waals surface area contributed by atoms with E-state index in [2.05, 4.69) is 0 Å².